The summed E-state index contributed by atoms with van der Waals surface area (Å²) >= 11 is 1.48. The van der Waals surface area contributed by atoms with Crippen molar-refractivity contribution in [3.8, 4) is 0 Å². The number of rotatable bonds is 4. The van der Waals surface area contributed by atoms with E-state index in [4.69, 9.17) is 0 Å². The summed E-state index contributed by atoms with van der Waals surface area (Å²) in [5.74, 6) is 0. The Kier molecular flexibility index (Phi) is 3.70. The van der Waals surface area contributed by atoms with Crippen LogP contribution in [0.3, 0.4) is 0 Å². The quantitative estimate of drug-likeness (QED) is 0.879. The van der Waals surface area contributed by atoms with Crippen molar-refractivity contribution in [3.63, 3.8) is 0 Å². The van der Waals surface area contributed by atoms with E-state index in [0.717, 1.165) is 23.3 Å². The number of aliphatic hydroxyl groups excluding tert-OH is 1. The summed E-state index contributed by atoms with van der Waals surface area (Å²) in [6.45, 7) is 2.16. The normalized spacial score (nSPS) is 12.6. The fourth-order valence-electron chi connectivity index (χ4n) is 1.73. The van der Waals surface area contributed by atoms with Crippen molar-refractivity contribution in [2.45, 2.75) is 25.9 Å². The lowest BCUT2D eigenvalue weighted by Crippen LogP contribution is -1.98. The van der Waals surface area contributed by atoms with E-state index in [0.29, 0.717) is 0 Å². The summed E-state index contributed by atoms with van der Waals surface area (Å²) < 4.78 is 0. The standard InChI is InChI=1S/C13H15NOS/c1-2-4-10-5-3-6-11(7-10)13(15)12-8-14-9-16-12/h3,5-9,13,15H,2,4H2,1H3. The molecule has 0 bridgehead atoms. The fourth-order valence-corrected chi connectivity index (χ4v) is 2.36. The molecule has 0 spiro atoms. The molecule has 16 heavy (non-hydrogen) atoms. The Hall–Kier alpha value is -1.19. The molecule has 0 saturated heterocycles. The number of nitrogens with zero attached hydrogens (tertiary/aromatic N) is 1. The SMILES string of the molecule is CCCc1cccc(C(O)c2cncs2)c1. The Balaban J connectivity index is 2.23. The molecule has 0 aliphatic rings. The van der Waals surface area contributed by atoms with E-state index < -0.39 is 6.10 Å². The maximum atomic E-state index is 10.1. The van der Waals surface area contributed by atoms with Gasteiger partial charge in [0.25, 0.3) is 0 Å². The molecule has 1 aromatic carbocycles. The Morgan fingerprint density at radius 1 is 1.44 bits per heavy atom. The maximum Gasteiger partial charge on any atom is 0.115 e. The Labute approximate surface area is 99.6 Å². The second-order valence-corrected chi connectivity index (χ2v) is 4.72. The summed E-state index contributed by atoms with van der Waals surface area (Å²) in [6, 6.07) is 8.15. The van der Waals surface area contributed by atoms with Crippen molar-refractivity contribution >= 4 is 11.3 Å². The summed E-state index contributed by atoms with van der Waals surface area (Å²) in [5, 5.41) is 10.1. The van der Waals surface area contributed by atoms with Crippen molar-refractivity contribution in [2.75, 3.05) is 0 Å². The highest BCUT2D eigenvalue weighted by Crippen LogP contribution is 2.25. The molecule has 0 aliphatic heterocycles. The van der Waals surface area contributed by atoms with Crippen molar-refractivity contribution in [2.24, 2.45) is 0 Å². The van der Waals surface area contributed by atoms with E-state index in [9.17, 15) is 5.11 Å². The Morgan fingerprint density at radius 2 is 2.31 bits per heavy atom. The summed E-state index contributed by atoms with van der Waals surface area (Å²) in [6.07, 6.45) is 3.37. The number of aliphatic hydroxyl groups is 1. The molecule has 2 aromatic rings. The zero-order valence-corrected chi connectivity index (χ0v) is 10.1. The number of thiazole rings is 1. The molecule has 0 radical (unpaired) electrons. The van der Waals surface area contributed by atoms with Crippen LogP contribution in [-0.2, 0) is 6.42 Å². The lowest BCUT2D eigenvalue weighted by atomic mass is 10.0. The maximum absolute atomic E-state index is 10.1. The summed E-state index contributed by atoms with van der Waals surface area (Å²) in [5.41, 5.74) is 3.98. The van der Waals surface area contributed by atoms with Gasteiger partial charge >= 0.3 is 0 Å². The number of benzene rings is 1. The third-order valence-electron chi connectivity index (χ3n) is 2.53. The van der Waals surface area contributed by atoms with E-state index >= 15 is 0 Å². The highest BCUT2D eigenvalue weighted by atomic mass is 32.1. The number of hydrogen-bond donors (Lipinski definition) is 1. The zero-order valence-electron chi connectivity index (χ0n) is 9.26. The van der Waals surface area contributed by atoms with Crippen LogP contribution < -0.4 is 0 Å². The second kappa shape index (κ2) is 5.23. The van der Waals surface area contributed by atoms with Gasteiger partial charge in [0.1, 0.15) is 6.10 Å². The number of hydrogen-bond acceptors (Lipinski definition) is 3. The lowest BCUT2D eigenvalue weighted by Gasteiger charge is -2.09. The molecule has 84 valence electrons. The van der Waals surface area contributed by atoms with Crippen LogP contribution in [0.15, 0.2) is 36.0 Å². The van der Waals surface area contributed by atoms with Crippen molar-refractivity contribution in [3.05, 3.63) is 52.0 Å². The highest BCUT2D eigenvalue weighted by Gasteiger charge is 2.11. The molecule has 1 N–H and O–H groups in total. The molecule has 2 rings (SSSR count). The topological polar surface area (TPSA) is 33.1 Å². The van der Waals surface area contributed by atoms with Crippen LogP contribution in [0.4, 0.5) is 0 Å². The minimum atomic E-state index is -0.538. The van der Waals surface area contributed by atoms with Gasteiger partial charge in [-0.15, -0.1) is 11.3 Å². The zero-order chi connectivity index (χ0) is 11.4. The molecule has 1 unspecified atom stereocenters. The molecule has 1 aromatic heterocycles. The van der Waals surface area contributed by atoms with Crippen LogP contribution >= 0.6 is 11.3 Å². The molecular formula is C13H15NOS. The monoisotopic (exact) mass is 233 g/mol. The van der Waals surface area contributed by atoms with Crippen molar-refractivity contribution in [1.82, 2.24) is 4.98 Å². The molecule has 1 atom stereocenters. The molecule has 0 aliphatic carbocycles. The first-order valence-corrected chi connectivity index (χ1v) is 6.34. The van der Waals surface area contributed by atoms with Gasteiger partial charge in [-0.25, -0.2) is 0 Å². The fraction of sp³-hybridized carbons (Fsp3) is 0.308. The largest absolute Gasteiger partial charge is 0.383 e. The Bertz CT molecular complexity index is 439. The van der Waals surface area contributed by atoms with E-state index in [1.165, 1.54) is 16.9 Å². The highest BCUT2D eigenvalue weighted by molar-refractivity contribution is 7.09. The van der Waals surface area contributed by atoms with E-state index in [-0.39, 0.29) is 0 Å². The van der Waals surface area contributed by atoms with Crippen LogP contribution in [0.2, 0.25) is 0 Å². The summed E-state index contributed by atoms with van der Waals surface area (Å²) in [4.78, 5) is 4.88. The van der Waals surface area contributed by atoms with Gasteiger partial charge in [0.2, 0.25) is 0 Å². The van der Waals surface area contributed by atoms with Gasteiger partial charge in [0, 0.05) is 6.20 Å². The van der Waals surface area contributed by atoms with Crippen LogP contribution in [0.5, 0.6) is 0 Å². The van der Waals surface area contributed by atoms with Gasteiger partial charge in [-0.3, -0.25) is 4.98 Å². The molecule has 0 fully saturated rings. The van der Waals surface area contributed by atoms with Crippen molar-refractivity contribution in [1.29, 1.82) is 0 Å². The first kappa shape index (κ1) is 11.3. The van der Waals surface area contributed by atoms with Gasteiger partial charge in [0.15, 0.2) is 0 Å². The van der Waals surface area contributed by atoms with E-state index in [1.54, 1.807) is 11.7 Å². The average Bonchev–Trinajstić information content (AvgIpc) is 2.82. The van der Waals surface area contributed by atoms with Crippen LogP contribution in [0, 0.1) is 0 Å². The average molecular weight is 233 g/mol. The molecule has 0 amide bonds. The van der Waals surface area contributed by atoms with Gasteiger partial charge in [0.05, 0.1) is 10.4 Å². The molecule has 3 heteroatoms. The van der Waals surface area contributed by atoms with Crippen LogP contribution in [0.1, 0.15) is 35.5 Å². The molecular weight excluding hydrogens is 218 g/mol. The van der Waals surface area contributed by atoms with Gasteiger partial charge < -0.3 is 5.11 Å². The first-order valence-electron chi connectivity index (χ1n) is 5.46. The van der Waals surface area contributed by atoms with E-state index in [1.807, 2.05) is 12.1 Å². The van der Waals surface area contributed by atoms with Gasteiger partial charge in [-0.2, -0.15) is 0 Å². The Morgan fingerprint density at radius 3 is 3.00 bits per heavy atom. The lowest BCUT2D eigenvalue weighted by molar-refractivity contribution is 0.224. The van der Waals surface area contributed by atoms with Crippen LogP contribution in [0.25, 0.3) is 0 Å². The first-order chi connectivity index (χ1) is 7.81. The molecule has 1 heterocycles. The molecule has 0 saturated carbocycles. The predicted molar refractivity (Wildman–Crippen MR) is 66.6 cm³/mol. The molecule has 2 nitrogen and oxygen atoms in total. The minimum absolute atomic E-state index is 0.538. The van der Waals surface area contributed by atoms with Gasteiger partial charge in [-0.05, 0) is 17.5 Å². The van der Waals surface area contributed by atoms with E-state index in [2.05, 4.69) is 24.0 Å². The summed E-state index contributed by atoms with van der Waals surface area (Å²) in [7, 11) is 0. The second-order valence-electron chi connectivity index (χ2n) is 3.80. The van der Waals surface area contributed by atoms with Crippen LogP contribution in [-0.4, -0.2) is 10.1 Å². The smallest absolute Gasteiger partial charge is 0.115 e. The number of aryl methyl sites for hydroxylation is 1. The number of aromatic nitrogens is 1. The third kappa shape index (κ3) is 2.49. The minimum Gasteiger partial charge on any atom is -0.383 e. The third-order valence-corrected chi connectivity index (χ3v) is 3.35. The van der Waals surface area contributed by atoms with Gasteiger partial charge in [-0.1, -0.05) is 37.6 Å². The van der Waals surface area contributed by atoms with Crippen molar-refractivity contribution < 1.29 is 5.11 Å². The predicted octanol–water partition coefficient (Wildman–Crippen LogP) is 3.18.